The molecule has 0 spiro atoms. The smallest absolute Gasteiger partial charge is 0.128 e. The van der Waals surface area contributed by atoms with Crippen LogP contribution < -0.4 is 4.74 Å². The van der Waals surface area contributed by atoms with Gasteiger partial charge in [-0.15, -0.1) is 0 Å². The minimum Gasteiger partial charge on any atom is -0.496 e. The molecule has 0 amide bonds. The second-order valence-corrected chi connectivity index (χ2v) is 3.83. The predicted octanol–water partition coefficient (Wildman–Crippen LogP) is 2.34. The van der Waals surface area contributed by atoms with Crippen molar-refractivity contribution in [3.63, 3.8) is 0 Å². The monoisotopic (exact) mass is 258 g/mol. The Morgan fingerprint density at radius 1 is 0.800 bits per heavy atom. The standard InChI is InChI=1S/C15H6N4O/c1-20-14-4-2-3-9-10(5-16)11(6-17)12(7-18)13(8-19)15(9)14/h2-4H,1H3. The minimum absolute atomic E-state index is 0.0514. The third-order valence-corrected chi connectivity index (χ3v) is 2.96. The van der Waals surface area contributed by atoms with Crippen molar-refractivity contribution < 1.29 is 4.74 Å². The van der Waals surface area contributed by atoms with Gasteiger partial charge in [0, 0.05) is 10.8 Å². The van der Waals surface area contributed by atoms with E-state index in [-0.39, 0.29) is 22.3 Å². The van der Waals surface area contributed by atoms with Crippen LogP contribution in [0.3, 0.4) is 0 Å². The quantitative estimate of drug-likeness (QED) is 0.780. The molecule has 0 aromatic heterocycles. The number of methoxy groups -OCH3 is 1. The highest BCUT2D eigenvalue weighted by Gasteiger charge is 2.21. The first kappa shape index (κ1) is 12.9. The van der Waals surface area contributed by atoms with Gasteiger partial charge in [0.05, 0.1) is 29.4 Å². The van der Waals surface area contributed by atoms with Crippen LogP contribution in [0.15, 0.2) is 18.2 Å². The van der Waals surface area contributed by atoms with Crippen molar-refractivity contribution >= 4 is 10.8 Å². The first-order chi connectivity index (χ1) is 9.73. The Labute approximate surface area is 115 Å². The molecule has 0 bridgehead atoms. The summed E-state index contributed by atoms with van der Waals surface area (Å²) in [6.07, 6.45) is 0. The predicted molar refractivity (Wildman–Crippen MR) is 69.4 cm³/mol. The summed E-state index contributed by atoms with van der Waals surface area (Å²) < 4.78 is 5.19. The molecule has 2 aromatic carbocycles. The number of hydrogen-bond acceptors (Lipinski definition) is 5. The van der Waals surface area contributed by atoms with Crippen LogP contribution in [0.4, 0.5) is 0 Å². The second kappa shape index (κ2) is 4.99. The molecule has 0 saturated heterocycles. The first-order valence-corrected chi connectivity index (χ1v) is 5.50. The van der Waals surface area contributed by atoms with Crippen molar-refractivity contribution in [1.29, 1.82) is 21.0 Å². The van der Waals surface area contributed by atoms with Crippen LogP contribution in [0.25, 0.3) is 10.8 Å². The Morgan fingerprint density at radius 3 is 1.85 bits per heavy atom. The van der Waals surface area contributed by atoms with Crippen LogP contribution in [-0.2, 0) is 0 Å². The number of hydrogen-bond donors (Lipinski definition) is 0. The molecule has 5 nitrogen and oxygen atoms in total. The summed E-state index contributed by atoms with van der Waals surface area (Å²) in [7, 11) is 1.44. The normalized spacial score (nSPS) is 9.05. The fourth-order valence-electron chi connectivity index (χ4n) is 2.13. The molecule has 0 unspecified atom stereocenters. The molecule has 0 aliphatic heterocycles. The third kappa shape index (κ3) is 1.60. The summed E-state index contributed by atoms with van der Waals surface area (Å²) in [5, 5.41) is 37.7. The van der Waals surface area contributed by atoms with E-state index >= 15 is 0 Å². The van der Waals surface area contributed by atoms with Gasteiger partial charge in [-0.3, -0.25) is 0 Å². The average Bonchev–Trinajstić information content (AvgIpc) is 2.51. The molecule has 0 saturated carbocycles. The Kier molecular flexibility index (Phi) is 3.22. The summed E-state index contributed by atoms with van der Waals surface area (Å²) in [5.74, 6) is 0.386. The van der Waals surface area contributed by atoms with E-state index in [0.717, 1.165) is 0 Å². The van der Waals surface area contributed by atoms with E-state index in [4.69, 9.17) is 4.74 Å². The van der Waals surface area contributed by atoms with Crippen LogP contribution in [-0.4, -0.2) is 7.11 Å². The van der Waals surface area contributed by atoms with Crippen molar-refractivity contribution in [3.05, 3.63) is 40.5 Å². The third-order valence-electron chi connectivity index (χ3n) is 2.96. The highest BCUT2D eigenvalue weighted by atomic mass is 16.5. The van der Waals surface area contributed by atoms with Gasteiger partial charge in [0.2, 0.25) is 0 Å². The van der Waals surface area contributed by atoms with Gasteiger partial charge >= 0.3 is 0 Å². The number of ether oxygens (including phenoxy) is 1. The molecule has 0 heterocycles. The van der Waals surface area contributed by atoms with Gasteiger partial charge in [-0.25, -0.2) is 0 Å². The number of benzene rings is 2. The van der Waals surface area contributed by atoms with Gasteiger partial charge < -0.3 is 4.74 Å². The number of nitrogens with zero attached hydrogens (tertiary/aromatic N) is 4. The number of rotatable bonds is 1. The molecular formula is C15H6N4O. The number of fused-ring (bicyclic) bond motifs is 1. The molecule has 20 heavy (non-hydrogen) atoms. The lowest BCUT2D eigenvalue weighted by Crippen LogP contribution is -1.99. The first-order valence-electron chi connectivity index (χ1n) is 5.50. The van der Waals surface area contributed by atoms with E-state index in [1.165, 1.54) is 7.11 Å². The molecule has 0 aliphatic carbocycles. The highest BCUT2D eigenvalue weighted by Crippen LogP contribution is 2.35. The summed E-state index contributed by atoms with van der Waals surface area (Å²) in [4.78, 5) is 0. The Balaban J connectivity index is 3.24. The Bertz CT molecular complexity index is 886. The molecule has 0 N–H and O–H groups in total. The van der Waals surface area contributed by atoms with E-state index in [1.807, 2.05) is 24.3 Å². The van der Waals surface area contributed by atoms with Gasteiger partial charge in [-0.2, -0.15) is 21.0 Å². The van der Waals surface area contributed by atoms with Crippen LogP contribution in [0, 0.1) is 45.3 Å². The summed E-state index contributed by atoms with van der Waals surface area (Å²) in [5.41, 5.74) is -0.0386. The lowest BCUT2D eigenvalue weighted by atomic mass is 9.90. The van der Waals surface area contributed by atoms with Gasteiger partial charge in [-0.05, 0) is 6.07 Å². The van der Waals surface area contributed by atoms with Crippen LogP contribution in [0.1, 0.15) is 22.3 Å². The maximum absolute atomic E-state index is 9.30. The van der Waals surface area contributed by atoms with E-state index in [2.05, 4.69) is 0 Å². The molecule has 0 aliphatic rings. The van der Waals surface area contributed by atoms with Crippen molar-refractivity contribution in [1.82, 2.24) is 0 Å². The largest absolute Gasteiger partial charge is 0.496 e. The lowest BCUT2D eigenvalue weighted by molar-refractivity contribution is 0.419. The van der Waals surface area contributed by atoms with Crippen molar-refractivity contribution in [3.8, 4) is 30.0 Å². The van der Waals surface area contributed by atoms with E-state index in [9.17, 15) is 21.0 Å². The zero-order valence-corrected chi connectivity index (χ0v) is 10.4. The molecule has 92 valence electrons. The average molecular weight is 258 g/mol. The molecule has 0 fully saturated rings. The van der Waals surface area contributed by atoms with Crippen molar-refractivity contribution in [2.24, 2.45) is 0 Å². The molecule has 0 radical (unpaired) electrons. The molecule has 2 rings (SSSR count). The van der Waals surface area contributed by atoms with Crippen LogP contribution in [0.2, 0.25) is 0 Å². The van der Waals surface area contributed by atoms with Crippen molar-refractivity contribution in [2.45, 2.75) is 0 Å². The van der Waals surface area contributed by atoms with E-state index in [1.54, 1.807) is 18.2 Å². The zero-order chi connectivity index (χ0) is 14.7. The maximum Gasteiger partial charge on any atom is 0.128 e. The number of nitriles is 4. The van der Waals surface area contributed by atoms with Gasteiger partial charge in [0.15, 0.2) is 0 Å². The fourth-order valence-corrected chi connectivity index (χ4v) is 2.13. The zero-order valence-electron chi connectivity index (χ0n) is 10.4. The van der Waals surface area contributed by atoms with Gasteiger partial charge in [0.25, 0.3) is 0 Å². The van der Waals surface area contributed by atoms with Gasteiger partial charge in [0.1, 0.15) is 30.0 Å². The molecule has 5 heteroatoms. The second-order valence-electron chi connectivity index (χ2n) is 3.83. The van der Waals surface area contributed by atoms with Gasteiger partial charge in [-0.1, -0.05) is 12.1 Å². The minimum atomic E-state index is -0.0939. The fraction of sp³-hybridized carbons (Fsp3) is 0.0667. The van der Waals surface area contributed by atoms with E-state index < -0.39 is 0 Å². The Morgan fingerprint density at radius 2 is 1.35 bits per heavy atom. The Hall–Kier alpha value is -3.54. The SMILES string of the molecule is COc1cccc2c(C#N)c(C#N)c(C#N)c(C#N)c12. The lowest BCUT2D eigenvalue weighted by Gasteiger charge is -2.11. The molecule has 0 atom stereocenters. The topological polar surface area (TPSA) is 104 Å². The molecular weight excluding hydrogens is 252 g/mol. The van der Waals surface area contributed by atoms with Crippen molar-refractivity contribution in [2.75, 3.05) is 7.11 Å². The van der Waals surface area contributed by atoms with E-state index in [0.29, 0.717) is 16.5 Å². The van der Waals surface area contributed by atoms with Crippen LogP contribution >= 0.6 is 0 Å². The summed E-state index contributed by atoms with van der Waals surface area (Å²) in [6.45, 7) is 0. The summed E-state index contributed by atoms with van der Waals surface area (Å²) in [6, 6.07) is 12.4. The molecule has 2 aromatic rings. The summed E-state index contributed by atoms with van der Waals surface area (Å²) >= 11 is 0. The highest BCUT2D eigenvalue weighted by molar-refractivity contribution is 6.00. The maximum atomic E-state index is 9.30. The van der Waals surface area contributed by atoms with Crippen LogP contribution in [0.5, 0.6) is 5.75 Å².